The minimum atomic E-state index is -0.444. The molecule has 0 aliphatic heterocycles. The van der Waals surface area contributed by atoms with Gasteiger partial charge in [-0.05, 0) is 36.2 Å². The molecule has 0 saturated heterocycles. The maximum Gasteiger partial charge on any atom is 0.189 e. The molecule has 3 heteroatoms. The second-order valence-corrected chi connectivity index (χ2v) is 6.44. The van der Waals surface area contributed by atoms with Crippen molar-refractivity contribution in [3.8, 4) is 5.75 Å². The van der Waals surface area contributed by atoms with Crippen LogP contribution in [0.25, 0.3) is 0 Å². The van der Waals surface area contributed by atoms with Crippen LogP contribution in [-0.2, 0) is 0 Å². The van der Waals surface area contributed by atoms with E-state index in [4.69, 9.17) is 4.74 Å². The van der Waals surface area contributed by atoms with Gasteiger partial charge in [0.05, 0.1) is 6.61 Å². The maximum atomic E-state index is 13.1. The number of nitrogens with one attached hydrogen (secondary N) is 1. The predicted octanol–water partition coefficient (Wildman–Crippen LogP) is 5.90. The predicted molar refractivity (Wildman–Crippen MR) is 110 cm³/mol. The van der Waals surface area contributed by atoms with E-state index in [1.54, 1.807) is 0 Å². The molecular formula is C24H25NO2. The van der Waals surface area contributed by atoms with Crippen molar-refractivity contribution in [1.82, 2.24) is 0 Å². The first-order chi connectivity index (χ1) is 13.3. The molecule has 3 aromatic rings. The van der Waals surface area contributed by atoms with Crippen LogP contribution in [-0.4, -0.2) is 12.4 Å². The summed E-state index contributed by atoms with van der Waals surface area (Å²) < 4.78 is 5.71. The number of carbonyl (C=O) groups excluding carboxylic acids is 1. The van der Waals surface area contributed by atoms with E-state index < -0.39 is 6.04 Å². The normalized spacial score (nSPS) is 11.6. The van der Waals surface area contributed by atoms with Gasteiger partial charge in [0.15, 0.2) is 5.78 Å². The van der Waals surface area contributed by atoms with Crippen LogP contribution in [0.15, 0.2) is 84.9 Å². The zero-order chi connectivity index (χ0) is 18.9. The molecule has 138 valence electrons. The molecule has 0 aromatic heterocycles. The molecule has 1 unspecified atom stereocenters. The lowest BCUT2D eigenvalue weighted by Gasteiger charge is -2.20. The average Bonchev–Trinajstić information content (AvgIpc) is 2.74. The first kappa shape index (κ1) is 18.7. The third-order valence-corrected chi connectivity index (χ3v) is 4.39. The number of ketones is 1. The molecule has 27 heavy (non-hydrogen) atoms. The van der Waals surface area contributed by atoms with Crippen molar-refractivity contribution < 1.29 is 9.53 Å². The number of rotatable bonds is 9. The topological polar surface area (TPSA) is 38.3 Å². The quantitative estimate of drug-likeness (QED) is 0.382. The molecule has 0 fully saturated rings. The summed E-state index contributed by atoms with van der Waals surface area (Å²) in [5, 5.41) is 3.38. The highest BCUT2D eigenvalue weighted by Crippen LogP contribution is 2.25. The minimum absolute atomic E-state index is 0.0464. The molecule has 3 rings (SSSR count). The van der Waals surface area contributed by atoms with Crippen LogP contribution in [0.4, 0.5) is 5.69 Å². The Labute approximate surface area is 161 Å². The van der Waals surface area contributed by atoms with Gasteiger partial charge in [0, 0.05) is 11.3 Å². The van der Waals surface area contributed by atoms with Gasteiger partial charge in [-0.3, -0.25) is 4.79 Å². The monoisotopic (exact) mass is 359 g/mol. The van der Waals surface area contributed by atoms with Crippen LogP contribution in [0.2, 0.25) is 0 Å². The number of benzene rings is 3. The van der Waals surface area contributed by atoms with E-state index in [1.807, 2.05) is 84.9 Å². The fourth-order valence-corrected chi connectivity index (χ4v) is 2.86. The lowest BCUT2D eigenvalue weighted by atomic mass is 9.97. The van der Waals surface area contributed by atoms with E-state index in [-0.39, 0.29) is 5.78 Å². The molecule has 0 spiro atoms. The largest absolute Gasteiger partial charge is 0.494 e. The summed E-state index contributed by atoms with van der Waals surface area (Å²) in [6.07, 6.45) is 2.15. The van der Waals surface area contributed by atoms with Gasteiger partial charge in [-0.1, -0.05) is 74.0 Å². The Bertz CT molecular complexity index is 829. The molecule has 0 aliphatic carbocycles. The van der Waals surface area contributed by atoms with Gasteiger partial charge >= 0.3 is 0 Å². The number of Topliss-reactive ketones (excluding diaryl/α,β-unsaturated/α-hetero) is 1. The fourth-order valence-electron chi connectivity index (χ4n) is 2.86. The summed E-state index contributed by atoms with van der Waals surface area (Å²) in [5.41, 5.74) is 2.52. The van der Waals surface area contributed by atoms with Gasteiger partial charge in [-0.15, -0.1) is 0 Å². The number of anilines is 1. The van der Waals surface area contributed by atoms with Gasteiger partial charge in [-0.25, -0.2) is 0 Å². The summed E-state index contributed by atoms with van der Waals surface area (Å²) in [5.74, 6) is 0.893. The van der Waals surface area contributed by atoms with Crippen molar-refractivity contribution in [2.24, 2.45) is 0 Å². The first-order valence-electron chi connectivity index (χ1n) is 9.41. The molecule has 3 nitrogen and oxygen atoms in total. The maximum absolute atomic E-state index is 13.1. The SMILES string of the molecule is CCCCOc1ccc(NC(C(=O)c2ccccc2)c2ccccc2)cc1. The van der Waals surface area contributed by atoms with Gasteiger partial charge in [0.2, 0.25) is 0 Å². The van der Waals surface area contributed by atoms with Crippen molar-refractivity contribution in [2.45, 2.75) is 25.8 Å². The molecule has 0 amide bonds. The Hall–Kier alpha value is -3.07. The fraction of sp³-hybridized carbons (Fsp3) is 0.208. The zero-order valence-corrected chi connectivity index (χ0v) is 15.6. The van der Waals surface area contributed by atoms with Crippen molar-refractivity contribution >= 4 is 11.5 Å². The molecule has 1 atom stereocenters. The van der Waals surface area contributed by atoms with Crippen molar-refractivity contribution in [3.05, 3.63) is 96.1 Å². The zero-order valence-electron chi connectivity index (χ0n) is 15.6. The van der Waals surface area contributed by atoms with Crippen LogP contribution in [0.3, 0.4) is 0 Å². The molecule has 0 radical (unpaired) electrons. The smallest absolute Gasteiger partial charge is 0.189 e. The lowest BCUT2D eigenvalue weighted by molar-refractivity contribution is 0.0969. The molecule has 0 bridgehead atoms. The number of hydrogen-bond donors (Lipinski definition) is 1. The Morgan fingerprint density at radius 2 is 1.52 bits per heavy atom. The highest BCUT2D eigenvalue weighted by Gasteiger charge is 2.21. The summed E-state index contributed by atoms with van der Waals surface area (Å²) >= 11 is 0. The standard InChI is InChI=1S/C24H25NO2/c1-2-3-18-27-22-16-14-21(15-17-22)25-23(19-10-6-4-7-11-19)24(26)20-12-8-5-9-13-20/h4-17,23,25H,2-3,18H2,1H3. The number of ether oxygens (including phenoxy) is 1. The minimum Gasteiger partial charge on any atom is -0.494 e. The van der Waals surface area contributed by atoms with E-state index in [1.165, 1.54) is 0 Å². The Morgan fingerprint density at radius 1 is 0.889 bits per heavy atom. The highest BCUT2D eigenvalue weighted by molar-refractivity contribution is 6.02. The third kappa shape index (κ3) is 5.20. The summed E-state index contributed by atoms with van der Waals surface area (Å²) in [6, 6.07) is 26.5. The Morgan fingerprint density at radius 3 is 2.15 bits per heavy atom. The molecular weight excluding hydrogens is 334 g/mol. The number of carbonyl (C=O) groups is 1. The molecule has 0 saturated carbocycles. The molecule has 0 aliphatic rings. The summed E-state index contributed by atoms with van der Waals surface area (Å²) in [4.78, 5) is 13.1. The first-order valence-corrected chi connectivity index (χ1v) is 9.41. The van der Waals surface area contributed by atoms with Crippen LogP contribution >= 0.6 is 0 Å². The van der Waals surface area contributed by atoms with Crippen molar-refractivity contribution in [2.75, 3.05) is 11.9 Å². The number of unbranched alkanes of at least 4 members (excludes halogenated alkanes) is 1. The second-order valence-electron chi connectivity index (χ2n) is 6.44. The Kier molecular flexibility index (Phi) is 6.64. The highest BCUT2D eigenvalue weighted by atomic mass is 16.5. The van der Waals surface area contributed by atoms with E-state index in [0.29, 0.717) is 5.56 Å². The van der Waals surface area contributed by atoms with Crippen LogP contribution in [0, 0.1) is 0 Å². The van der Waals surface area contributed by atoms with Crippen molar-refractivity contribution in [1.29, 1.82) is 0 Å². The van der Waals surface area contributed by atoms with Crippen LogP contribution in [0.5, 0.6) is 5.75 Å². The summed E-state index contributed by atoms with van der Waals surface area (Å²) in [7, 11) is 0. The Balaban J connectivity index is 1.79. The van der Waals surface area contributed by atoms with E-state index >= 15 is 0 Å². The van der Waals surface area contributed by atoms with Gasteiger partial charge < -0.3 is 10.1 Å². The van der Waals surface area contributed by atoms with Gasteiger partial charge in [-0.2, -0.15) is 0 Å². The van der Waals surface area contributed by atoms with Gasteiger partial charge in [0.1, 0.15) is 11.8 Å². The van der Waals surface area contributed by atoms with E-state index in [0.717, 1.165) is 36.4 Å². The summed E-state index contributed by atoms with van der Waals surface area (Å²) in [6.45, 7) is 2.87. The third-order valence-electron chi connectivity index (χ3n) is 4.39. The van der Waals surface area contributed by atoms with Crippen LogP contribution < -0.4 is 10.1 Å². The van der Waals surface area contributed by atoms with Crippen molar-refractivity contribution in [3.63, 3.8) is 0 Å². The number of hydrogen-bond acceptors (Lipinski definition) is 3. The molecule has 3 aromatic carbocycles. The van der Waals surface area contributed by atoms with E-state index in [9.17, 15) is 4.79 Å². The lowest BCUT2D eigenvalue weighted by Crippen LogP contribution is -2.21. The molecule has 1 N–H and O–H groups in total. The van der Waals surface area contributed by atoms with E-state index in [2.05, 4.69) is 12.2 Å². The second kappa shape index (κ2) is 9.58. The average molecular weight is 359 g/mol. The van der Waals surface area contributed by atoms with Crippen LogP contribution in [0.1, 0.15) is 41.7 Å². The molecule has 0 heterocycles. The van der Waals surface area contributed by atoms with Gasteiger partial charge in [0.25, 0.3) is 0 Å².